The van der Waals surface area contributed by atoms with E-state index >= 15 is 0 Å². The highest BCUT2D eigenvalue weighted by molar-refractivity contribution is 9.10. The Morgan fingerprint density at radius 3 is 2.79 bits per heavy atom. The van der Waals surface area contributed by atoms with Crippen LogP contribution in [0.25, 0.3) is 11.3 Å². The zero-order chi connectivity index (χ0) is 9.97. The number of aromatic nitrogens is 2. The lowest BCUT2D eigenvalue weighted by Gasteiger charge is -2.00. The summed E-state index contributed by atoms with van der Waals surface area (Å²) in [6, 6.07) is 8.76. The molecule has 1 aromatic carbocycles. The van der Waals surface area contributed by atoms with Crippen LogP contribution in [-0.4, -0.2) is 15.3 Å². The van der Waals surface area contributed by atoms with Gasteiger partial charge in [0.2, 0.25) is 0 Å². The van der Waals surface area contributed by atoms with Crippen molar-refractivity contribution in [1.82, 2.24) is 10.2 Å². The maximum Gasteiger partial charge on any atom is 0.116 e. The molecular weight excluding hydrogens is 244 g/mol. The zero-order valence-electron chi connectivity index (χ0n) is 7.18. The van der Waals surface area contributed by atoms with Crippen LogP contribution in [-0.2, 0) is 0 Å². The van der Waals surface area contributed by atoms with Crippen LogP contribution in [0.1, 0.15) is 0 Å². The molecule has 0 aliphatic rings. The number of hydrogen-bond acceptors (Lipinski definition) is 3. The first-order valence-corrected chi connectivity index (χ1v) is 4.82. The smallest absolute Gasteiger partial charge is 0.116 e. The van der Waals surface area contributed by atoms with Gasteiger partial charge in [-0.25, -0.2) is 0 Å². The number of nitrogens with zero attached hydrogens (tertiary/aromatic N) is 2. The van der Waals surface area contributed by atoms with Crippen LogP contribution in [0, 0.1) is 0 Å². The van der Waals surface area contributed by atoms with Crippen LogP contribution in [0.3, 0.4) is 0 Å². The maximum atomic E-state index is 9.28. The molecule has 2 aromatic rings. The zero-order valence-corrected chi connectivity index (χ0v) is 8.77. The summed E-state index contributed by atoms with van der Waals surface area (Å²) >= 11 is 3.31. The van der Waals surface area contributed by atoms with Gasteiger partial charge in [0.25, 0.3) is 0 Å². The summed E-state index contributed by atoms with van der Waals surface area (Å²) in [6.07, 6.45) is 1.62. The van der Waals surface area contributed by atoms with Crippen molar-refractivity contribution in [3.8, 4) is 17.0 Å². The Labute approximate surface area is 89.6 Å². The SMILES string of the molecule is Oc1cccc(-c2cc(Br)cnn2)c1. The molecule has 0 radical (unpaired) electrons. The lowest BCUT2D eigenvalue weighted by atomic mass is 10.1. The lowest BCUT2D eigenvalue weighted by Crippen LogP contribution is -1.86. The fourth-order valence-electron chi connectivity index (χ4n) is 1.15. The molecule has 0 fully saturated rings. The molecule has 0 aliphatic carbocycles. The van der Waals surface area contributed by atoms with Gasteiger partial charge in [-0.05, 0) is 34.1 Å². The topological polar surface area (TPSA) is 46.0 Å². The fraction of sp³-hybridized carbons (Fsp3) is 0. The first-order valence-electron chi connectivity index (χ1n) is 4.03. The highest BCUT2D eigenvalue weighted by Crippen LogP contribution is 2.22. The van der Waals surface area contributed by atoms with Gasteiger partial charge in [-0.15, -0.1) is 0 Å². The molecule has 0 bridgehead atoms. The van der Waals surface area contributed by atoms with Crippen LogP contribution < -0.4 is 0 Å². The summed E-state index contributed by atoms with van der Waals surface area (Å²) in [5, 5.41) is 17.1. The number of phenolic OH excluding ortho intramolecular Hbond substituents is 1. The molecule has 0 saturated heterocycles. The van der Waals surface area contributed by atoms with Gasteiger partial charge in [0, 0.05) is 10.0 Å². The summed E-state index contributed by atoms with van der Waals surface area (Å²) in [5.41, 5.74) is 1.58. The molecule has 0 saturated carbocycles. The Kier molecular flexibility index (Phi) is 2.45. The molecule has 70 valence electrons. The summed E-state index contributed by atoms with van der Waals surface area (Å²) in [4.78, 5) is 0. The third-order valence-corrected chi connectivity index (χ3v) is 2.20. The minimum absolute atomic E-state index is 0.226. The van der Waals surface area contributed by atoms with Crippen LogP contribution >= 0.6 is 15.9 Å². The molecule has 3 nitrogen and oxygen atoms in total. The van der Waals surface area contributed by atoms with E-state index in [1.54, 1.807) is 24.4 Å². The average Bonchev–Trinajstić information content (AvgIpc) is 2.18. The minimum Gasteiger partial charge on any atom is -0.508 e. The van der Waals surface area contributed by atoms with E-state index in [0.717, 1.165) is 15.7 Å². The van der Waals surface area contributed by atoms with Crippen molar-refractivity contribution in [3.63, 3.8) is 0 Å². The molecule has 4 heteroatoms. The summed E-state index contributed by atoms with van der Waals surface area (Å²) < 4.78 is 0.867. The Morgan fingerprint density at radius 1 is 1.21 bits per heavy atom. The van der Waals surface area contributed by atoms with Crippen LogP contribution in [0.2, 0.25) is 0 Å². The second-order valence-electron chi connectivity index (χ2n) is 2.81. The van der Waals surface area contributed by atoms with E-state index in [9.17, 15) is 5.11 Å². The summed E-state index contributed by atoms with van der Waals surface area (Å²) in [7, 11) is 0. The van der Waals surface area contributed by atoms with E-state index in [0.29, 0.717) is 0 Å². The number of benzene rings is 1. The summed E-state index contributed by atoms with van der Waals surface area (Å²) in [6.45, 7) is 0. The quantitative estimate of drug-likeness (QED) is 0.847. The van der Waals surface area contributed by atoms with Crippen LogP contribution in [0.4, 0.5) is 0 Å². The van der Waals surface area contributed by atoms with Gasteiger partial charge in [-0.3, -0.25) is 0 Å². The number of rotatable bonds is 1. The second kappa shape index (κ2) is 3.75. The van der Waals surface area contributed by atoms with Crippen molar-refractivity contribution in [2.75, 3.05) is 0 Å². The van der Waals surface area contributed by atoms with Crippen molar-refractivity contribution < 1.29 is 5.11 Å². The summed E-state index contributed by atoms with van der Waals surface area (Å²) in [5.74, 6) is 0.226. The molecule has 0 spiro atoms. The molecule has 0 atom stereocenters. The highest BCUT2D eigenvalue weighted by Gasteiger charge is 2.01. The molecule has 1 heterocycles. The Bertz CT molecular complexity index is 416. The average molecular weight is 251 g/mol. The number of halogens is 1. The molecule has 14 heavy (non-hydrogen) atoms. The maximum absolute atomic E-state index is 9.28. The fourth-order valence-corrected chi connectivity index (χ4v) is 1.46. The van der Waals surface area contributed by atoms with Crippen LogP contribution in [0.5, 0.6) is 5.75 Å². The van der Waals surface area contributed by atoms with Crippen molar-refractivity contribution in [3.05, 3.63) is 41.0 Å². The highest BCUT2D eigenvalue weighted by atomic mass is 79.9. The van der Waals surface area contributed by atoms with E-state index in [1.165, 1.54) is 0 Å². The lowest BCUT2D eigenvalue weighted by molar-refractivity contribution is 0.475. The van der Waals surface area contributed by atoms with Gasteiger partial charge in [0.1, 0.15) is 5.75 Å². The van der Waals surface area contributed by atoms with Crippen molar-refractivity contribution >= 4 is 15.9 Å². The molecule has 0 aliphatic heterocycles. The second-order valence-corrected chi connectivity index (χ2v) is 3.73. The van der Waals surface area contributed by atoms with Gasteiger partial charge in [-0.1, -0.05) is 12.1 Å². The standard InChI is InChI=1S/C10H7BrN2O/c11-8-5-10(13-12-6-8)7-2-1-3-9(14)4-7/h1-6,14H. The van der Waals surface area contributed by atoms with Crippen molar-refractivity contribution in [1.29, 1.82) is 0 Å². The number of phenols is 1. The molecule has 0 amide bonds. The largest absolute Gasteiger partial charge is 0.508 e. The predicted molar refractivity (Wildman–Crippen MR) is 56.8 cm³/mol. The molecule has 0 unspecified atom stereocenters. The van der Waals surface area contributed by atoms with Gasteiger partial charge < -0.3 is 5.11 Å². The Balaban J connectivity index is 2.49. The van der Waals surface area contributed by atoms with E-state index < -0.39 is 0 Å². The third-order valence-electron chi connectivity index (χ3n) is 1.76. The van der Waals surface area contributed by atoms with Crippen molar-refractivity contribution in [2.24, 2.45) is 0 Å². The van der Waals surface area contributed by atoms with Crippen molar-refractivity contribution in [2.45, 2.75) is 0 Å². The number of aromatic hydroxyl groups is 1. The minimum atomic E-state index is 0.226. The van der Waals surface area contributed by atoms with Gasteiger partial charge in [-0.2, -0.15) is 10.2 Å². The van der Waals surface area contributed by atoms with Gasteiger partial charge in [0.05, 0.1) is 11.9 Å². The van der Waals surface area contributed by atoms with E-state index in [1.807, 2.05) is 12.1 Å². The molecule has 1 N–H and O–H groups in total. The van der Waals surface area contributed by atoms with E-state index in [2.05, 4.69) is 26.1 Å². The molecule has 2 rings (SSSR count). The van der Waals surface area contributed by atoms with E-state index in [-0.39, 0.29) is 5.75 Å². The Morgan fingerprint density at radius 2 is 2.07 bits per heavy atom. The molecule has 1 aromatic heterocycles. The van der Waals surface area contributed by atoms with Gasteiger partial charge >= 0.3 is 0 Å². The third kappa shape index (κ3) is 1.90. The van der Waals surface area contributed by atoms with Gasteiger partial charge in [0.15, 0.2) is 0 Å². The monoisotopic (exact) mass is 250 g/mol. The first-order chi connectivity index (χ1) is 6.75. The number of hydrogen-bond donors (Lipinski definition) is 1. The van der Waals surface area contributed by atoms with E-state index in [4.69, 9.17) is 0 Å². The molecular formula is C10H7BrN2O. The Hall–Kier alpha value is -1.42. The first kappa shape index (κ1) is 9.15. The van der Waals surface area contributed by atoms with Crippen LogP contribution in [0.15, 0.2) is 41.0 Å². The predicted octanol–water partition coefficient (Wildman–Crippen LogP) is 2.61. The normalized spacial score (nSPS) is 10.1.